The Morgan fingerprint density at radius 3 is 1.91 bits per heavy atom. The third kappa shape index (κ3) is 4.79. The van der Waals surface area contributed by atoms with Crippen molar-refractivity contribution in [3.8, 4) is 16.8 Å². The zero-order chi connectivity index (χ0) is 23.8. The van der Waals surface area contributed by atoms with Crippen LogP contribution in [0.3, 0.4) is 0 Å². The van der Waals surface area contributed by atoms with Crippen LogP contribution >= 0.6 is 0 Å². The van der Waals surface area contributed by atoms with E-state index in [1.54, 1.807) is 7.05 Å². The van der Waals surface area contributed by atoms with Gasteiger partial charge in [0.25, 0.3) is 5.91 Å². The maximum absolute atomic E-state index is 13.1. The molecular formula is C22H19F6N3O. The highest BCUT2D eigenvalue weighted by molar-refractivity contribution is 5.93. The molecule has 0 saturated carbocycles. The summed E-state index contributed by atoms with van der Waals surface area (Å²) in [5.74, 6) is -0.283. The SMILES string of the molecule is CC(C)N(C)C(=O)c1cncn1-c1ccc(-c2cc(C(F)(F)F)cc(C(F)(F)F)c2)cc1. The number of hydrogen-bond acceptors (Lipinski definition) is 2. The Morgan fingerprint density at radius 1 is 0.906 bits per heavy atom. The average molecular weight is 455 g/mol. The van der Waals surface area contributed by atoms with E-state index in [4.69, 9.17) is 0 Å². The number of rotatable bonds is 4. The van der Waals surface area contributed by atoms with Crippen molar-refractivity contribution in [2.24, 2.45) is 0 Å². The molecule has 10 heteroatoms. The Kier molecular flexibility index (Phi) is 6.08. The number of halogens is 6. The number of nitrogens with zero attached hydrogens (tertiary/aromatic N) is 3. The second-order valence-corrected chi connectivity index (χ2v) is 7.50. The van der Waals surface area contributed by atoms with Crippen LogP contribution in [0.4, 0.5) is 26.3 Å². The van der Waals surface area contributed by atoms with Gasteiger partial charge in [-0.2, -0.15) is 26.3 Å². The van der Waals surface area contributed by atoms with Gasteiger partial charge in [0.15, 0.2) is 0 Å². The van der Waals surface area contributed by atoms with E-state index in [1.807, 2.05) is 13.8 Å². The van der Waals surface area contributed by atoms with Crippen molar-refractivity contribution in [3.63, 3.8) is 0 Å². The molecule has 0 N–H and O–H groups in total. The number of benzene rings is 2. The minimum Gasteiger partial charge on any atom is -0.338 e. The molecule has 1 amide bonds. The Balaban J connectivity index is 2.01. The lowest BCUT2D eigenvalue weighted by atomic mass is 9.99. The number of hydrogen-bond donors (Lipinski definition) is 0. The van der Waals surface area contributed by atoms with E-state index in [-0.39, 0.29) is 34.8 Å². The predicted octanol–water partition coefficient (Wildman–Crippen LogP) is 6.06. The van der Waals surface area contributed by atoms with E-state index in [0.717, 1.165) is 0 Å². The van der Waals surface area contributed by atoms with Gasteiger partial charge < -0.3 is 4.90 Å². The highest BCUT2D eigenvalue weighted by Gasteiger charge is 2.37. The molecule has 0 bridgehead atoms. The van der Waals surface area contributed by atoms with E-state index in [1.165, 1.54) is 46.3 Å². The topological polar surface area (TPSA) is 38.1 Å². The van der Waals surface area contributed by atoms with Crippen molar-refractivity contribution in [3.05, 3.63) is 71.8 Å². The van der Waals surface area contributed by atoms with Crippen LogP contribution in [-0.4, -0.2) is 33.4 Å². The molecule has 0 aliphatic carbocycles. The Labute approximate surface area is 180 Å². The van der Waals surface area contributed by atoms with Gasteiger partial charge in [-0.05, 0) is 55.3 Å². The average Bonchev–Trinajstić information content (AvgIpc) is 3.21. The summed E-state index contributed by atoms with van der Waals surface area (Å²) in [6, 6.07) is 7.16. The summed E-state index contributed by atoms with van der Waals surface area (Å²) >= 11 is 0. The smallest absolute Gasteiger partial charge is 0.338 e. The molecular weight excluding hydrogens is 436 g/mol. The van der Waals surface area contributed by atoms with Crippen LogP contribution in [0, 0.1) is 0 Å². The molecule has 32 heavy (non-hydrogen) atoms. The Morgan fingerprint density at radius 2 is 1.44 bits per heavy atom. The lowest BCUT2D eigenvalue weighted by Crippen LogP contribution is -2.34. The molecule has 2 aromatic carbocycles. The van der Waals surface area contributed by atoms with Crippen molar-refractivity contribution >= 4 is 5.91 Å². The van der Waals surface area contributed by atoms with Crippen LogP contribution < -0.4 is 0 Å². The first kappa shape index (κ1) is 23.4. The number of amides is 1. The predicted molar refractivity (Wildman–Crippen MR) is 106 cm³/mol. The third-order valence-corrected chi connectivity index (χ3v) is 5.02. The number of carbonyl (C=O) groups is 1. The summed E-state index contributed by atoms with van der Waals surface area (Å²) in [6.45, 7) is 3.69. The van der Waals surface area contributed by atoms with Crippen molar-refractivity contribution in [1.29, 1.82) is 0 Å². The van der Waals surface area contributed by atoms with Crippen molar-refractivity contribution in [2.45, 2.75) is 32.2 Å². The fourth-order valence-corrected chi connectivity index (χ4v) is 3.01. The highest BCUT2D eigenvalue weighted by atomic mass is 19.4. The van der Waals surface area contributed by atoms with Gasteiger partial charge in [0.1, 0.15) is 5.69 Å². The lowest BCUT2D eigenvalue weighted by molar-refractivity contribution is -0.143. The minimum absolute atomic E-state index is 0.0584. The van der Waals surface area contributed by atoms with Gasteiger partial charge in [-0.1, -0.05) is 12.1 Å². The minimum atomic E-state index is -4.93. The molecule has 170 valence electrons. The molecule has 0 aliphatic heterocycles. The van der Waals surface area contributed by atoms with Gasteiger partial charge in [0, 0.05) is 18.8 Å². The summed E-state index contributed by atoms with van der Waals surface area (Å²) in [4.78, 5) is 18.1. The molecule has 0 fully saturated rings. The molecule has 0 atom stereocenters. The lowest BCUT2D eigenvalue weighted by Gasteiger charge is -2.22. The second kappa shape index (κ2) is 8.33. The maximum Gasteiger partial charge on any atom is 0.416 e. The number of aromatic nitrogens is 2. The van der Waals surface area contributed by atoms with Gasteiger partial charge >= 0.3 is 12.4 Å². The zero-order valence-electron chi connectivity index (χ0n) is 17.3. The standard InChI is InChI=1S/C22H19F6N3O/c1-13(2)30(3)20(32)19-11-29-12-31(19)18-6-4-14(5-7-18)15-8-16(21(23,24)25)10-17(9-15)22(26,27)28/h4-13H,1-3H3. The zero-order valence-corrected chi connectivity index (χ0v) is 17.3. The molecule has 3 aromatic rings. The summed E-state index contributed by atoms with van der Waals surface area (Å²) in [7, 11) is 1.64. The van der Waals surface area contributed by atoms with Crippen LogP contribution in [0.2, 0.25) is 0 Å². The first-order valence-electron chi connectivity index (χ1n) is 9.49. The normalized spacial score (nSPS) is 12.3. The number of alkyl halides is 6. The van der Waals surface area contributed by atoms with Crippen molar-refractivity contribution < 1.29 is 31.1 Å². The van der Waals surface area contributed by atoms with Gasteiger partial charge in [-0.3, -0.25) is 9.36 Å². The summed E-state index contributed by atoms with van der Waals surface area (Å²) in [5, 5.41) is 0. The fraction of sp³-hybridized carbons (Fsp3) is 0.273. The van der Waals surface area contributed by atoms with Crippen LogP contribution in [0.15, 0.2) is 55.0 Å². The second-order valence-electron chi connectivity index (χ2n) is 7.50. The number of carbonyl (C=O) groups excluding carboxylic acids is 1. The van der Waals surface area contributed by atoms with Crippen molar-refractivity contribution in [1.82, 2.24) is 14.5 Å². The van der Waals surface area contributed by atoms with Gasteiger partial charge in [-0.15, -0.1) is 0 Å². The van der Waals surface area contributed by atoms with Crippen LogP contribution in [-0.2, 0) is 12.4 Å². The van der Waals surface area contributed by atoms with E-state index in [0.29, 0.717) is 17.8 Å². The van der Waals surface area contributed by atoms with E-state index >= 15 is 0 Å². The van der Waals surface area contributed by atoms with E-state index in [2.05, 4.69) is 4.98 Å². The van der Waals surface area contributed by atoms with Gasteiger partial charge in [-0.25, -0.2) is 4.98 Å². The first-order chi connectivity index (χ1) is 14.8. The van der Waals surface area contributed by atoms with Gasteiger partial charge in [0.2, 0.25) is 0 Å². The summed E-state index contributed by atoms with van der Waals surface area (Å²) in [6.07, 6.45) is -7.06. The molecule has 3 rings (SSSR count). The van der Waals surface area contributed by atoms with Gasteiger partial charge in [0.05, 0.1) is 23.7 Å². The molecule has 0 saturated heterocycles. The van der Waals surface area contributed by atoms with Crippen LogP contribution in [0.25, 0.3) is 16.8 Å². The quantitative estimate of drug-likeness (QED) is 0.449. The van der Waals surface area contributed by atoms with E-state index < -0.39 is 23.5 Å². The fourth-order valence-electron chi connectivity index (χ4n) is 3.01. The van der Waals surface area contributed by atoms with Crippen LogP contribution in [0.1, 0.15) is 35.5 Å². The Bertz CT molecular complexity index is 1080. The summed E-state index contributed by atoms with van der Waals surface area (Å²) < 4.78 is 80.3. The molecule has 0 unspecified atom stereocenters. The largest absolute Gasteiger partial charge is 0.416 e. The number of imidazole rings is 1. The molecule has 0 radical (unpaired) electrons. The molecule has 1 heterocycles. The first-order valence-corrected chi connectivity index (χ1v) is 9.49. The third-order valence-electron chi connectivity index (χ3n) is 5.02. The molecule has 1 aromatic heterocycles. The molecule has 0 spiro atoms. The maximum atomic E-state index is 13.1. The van der Waals surface area contributed by atoms with Crippen molar-refractivity contribution in [2.75, 3.05) is 7.05 Å². The Hall–Kier alpha value is -3.30. The van der Waals surface area contributed by atoms with Crippen LogP contribution in [0.5, 0.6) is 0 Å². The molecule has 0 aliphatic rings. The van der Waals surface area contributed by atoms with E-state index in [9.17, 15) is 31.1 Å². The highest BCUT2D eigenvalue weighted by Crippen LogP contribution is 2.38. The monoisotopic (exact) mass is 455 g/mol. The summed E-state index contributed by atoms with van der Waals surface area (Å²) in [5.41, 5.74) is -2.07. The molecule has 4 nitrogen and oxygen atoms in total.